The summed E-state index contributed by atoms with van der Waals surface area (Å²) in [5, 5.41) is 29.7. The summed E-state index contributed by atoms with van der Waals surface area (Å²) in [5.74, 6) is -3.85. The summed E-state index contributed by atoms with van der Waals surface area (Å²) in [7, 11) is 0. The molecule has 2 amide bonds. The number of nitrogens with zero attached hydrogens (tertiary/aromatic N) is 2. The number of hydrogen-bond acceptors (Lipinski definition) is 6. The maximum Gasteiger partial charge on any atom is 0.341 e. The van der Waals surface area contributed by atoms with Crippen LogP contribution in [0.1, 0.15) is 31.1 Å². The van der Waals surface area contributed by atoms with Gasteiger partial charge in [0.2, 0.25) is 0 Å². The van der Waals surface area contributed by atoms with Crippen molar-refractivity contribution in [2.45, 2.75) is 0 Å². The maximum absolute atomic E-state index is 12.5. The predicted molar refractivity (Wildman–Crippen MR) is 79.3 cm³/mol. The van der Waals surface area contributed by atoms with Crippen LogP contribution in [0.25, 0.3) is 0 Å². The zero-order valence-electron chi connectivity index (χ0n) is 11.8. The normalized spacial score (nSPS) is 13.1. The largest absolute Gasteiger partial charge is 0.507 e. The van der Waals surface area contributed by atoms with Crippen LogP contribution in [0.15, 0.2) is 36.4 Å². The quantitative estimate of drug-likeness (QED) is 0.497. The Labute approximate surface area is 133 Å². The highest BCUT2D eigenvalue weighted by molar-refractivity contribution is 6.35. The maximum atomic E-state index is 12.5. The first-order valence-electron chi connectivity index (χ1n) is 6.55. The number of carbonyl (C=O) groups excluding carboxylic acids is 2. The Morgan fingerprint density at radius 1 is 1.08 bits per heavy atom. The fourth-order valence-corrected chi connectivity index (χ4v) is 2.49. The number of nitro groups is 1. The molecule has 0 saturated carbocycles. The number of aromatic hydroxyl groups is 1. The number of nitro benzene ring substituents is 1. The fourth-order valence-electron chi connectivity index (χ4n) is 2.49. The molecule has 2 aromatic carbocycles. The van der Waals surface area contributed by atoms with Crippen molar-refractivity contribution in [2.24, 2.45) is 0 Å². The van der Waals surface area contributed by atoms with Crippen LogP contribution >= 0.6 is 0 Å². The molecule has 1 aliphatic heterocycles. The molecular weight excluding hydrogens is 320 g/mol. The molecule has 9 nitrogen and oxygen atoms in total. The second-order valence-electron chi connectivity index (χ2n) is 4.91. The number of benzene rings is 2. The van der Waals surface area contributed by atoms with E-state index in [9.17, 15) is 34.7 Å². The van der Waals surface area contributed by atoms with Crippen molar-refractivity contribution < 1.29 is 29.5 Å². The molecule has 0 fully saturated rings. The highest BCUT2D eigenvalue weighted by atomic mass is 16.6. The molecule has 0 aliphatic carbocycles. The van der Waals surface area contributed by atoms with Crippen LogP contribution in [-0.4, -0.2) is 32.9 Å². The number of anilines is 1. The Hall–Kier alpha value is -3.75. The number of rotatable bonds is 3. The summed E-state index contributed by atoms with van der Waals surface area (Å²) in [6.45, 7) is 0. The van der Waals surface area contributed by atoms with E-state index in [0.717, 1.165) is 24.3 Å². The number of non-ortho nitro benzene ring substituents is 1. The number of hydrogen-bond donors (Lipinski definition) is 2. The van der Waals surface area contributed by atoms with Gasteiger partial charge in [0.1, 0.15) is 11.3 Å². The van der Waals surface area contributed by atoms with Crippen molar-refractivity contribution in [3.05, 3.63) is 63.2 Å². The molecule has 1 aliphatic rings. The van der Waals surface area contributed by atoms with Crippen LogP contribution in [0.2, 0.25) is 0 Å². The molecule has 0 spiro atoms. The van der Waals surface area contributed by atoms with E-state index in [2.05, 4.69) is 0 Å². The molecule has 2 N–H and O–H groups in total. The third kappa shape index (κ3) is 2.07. The van der Waals surface area contributed by atoms with Crippen molar-refractivity contribution in [3.63, 3.8) is 0 Å². The number of amides is 2. The van der Waals surface area contributed by atoms with Gasteiger partial charge in [-0.2, -0.15) is 0 Å². The Kier molecular flexibility index (Phi) is 3.26. The second kappa shape index (κ2) is 5.16. The molecule has 2 aromatic rings. The molecule has 0 aromatic heterocycles. The van der Waals surface area contributed by atoms with Crippen LogP contribution in [0.3, 0.4) is 0 Å². The summed E-state index contributed by atoms with van der Waals surface area (Å²) < 4.78 is 0. The van der Waals surface area contributed by atoms with Gasteiger partial charge in [0, 0.05) is 12.1 Å². The van der Waals surface area contributed by atoms with Crippen molar-refractivity contribution in [1.29, 1.82) is 0 Å². The Bertz CT molecular complexity index is 935. The number of fused-ring (bicyclic) bond motifs is 1. The first-order valence-corrected chi connectivity index (χ1v) is 6.55. The van der Waals surface area contributed by atoms with E-state index in [1.807, 2.05) is 0 Å². The lowest BCUT2D eigenvalue weighted by atomic mass is 10.1. The molecule has 9 heteroatoms. The lowest BCUT2D eigenvalue weighted by Crippen LogP contribution is -2.31. The molecule has 120 valence electrons. The summed E-state index contributed by atoms with van der Waals surface area (Å²) >= 11 is 0. The Balaban J connectivity index is 2.18. The van der Waals surface area contributed by atoms with Crippen LogP contribution < -0.4 is 4.90 Å². The van der Waals surface area contributed by atoms with Gasteiger partial charge in [-0.25, -0.2) is 9.69 Å². The highest BCUT2D eigenvalue weighted by Crippen LogP contribution is 2.35. The predicted octanol–water partition coefficient (Wildman–Crippen LogP) is 1.80. The van der Waals surface area contributed by atoms with Crippen molar-refractivity contribution in [1.82, 2.24) is 0 Å². The molecule has 0 unspecified atom stereocenters. The molecule has 0 bridgehead atoms. The SMILES string of the molecule is O=C(O)c1c(O)cccc1N1C(=O)c2ccc([N+](=O)[O-])cc2C1=O. The van der Waals surface area contributed by atoms with E-state index >= 15 is 0 Å². The third-order valence-corrected chi connectivity index (χ3v) is 3.56. The minimum Gasteiger partial charge on any atom is -0.507 e. The monoisotopic (exact) mass is 328 g/mol. The summed E-state index contributed by atoms with van der Waals surface area (Å²) in [4.78, 5) is 46.9. The lowest BCUT2D eigenvalue weighted by molar-refractivity contribution is -0.384. The Morgan fingerprint density at radius 3 is 2.38 bits per heavy atom. The lowest BCUT2D eigenvalue weighted by Gasteiger charge is -2.16. The van der Waals surface area contributed by atoms with Gasteiger partial charge in [-0.15, -0.1) is 0 Å². The number of phenols is 1. The van der Waals surface area contributed by atoms with Gasteiger partial charge in [-0.1, -0.05) is 6.07 Å². The first kappa shape index (κ1) is 15.2. The smallest absolute Gasteiger partial charge is 0.341 e. The molecule has 0 radical (unpaired) electrons. The molecular formula is C15H8N2O7. The molecule has 1 heterocycles. The minimum absolute atomic E-state index is 0.0784. The number of carboxylic acids is 1. The Morgan fingerprint density at radius 2 is 1.75 bits per heavy atom. The summed E-state index contributed by atoms with van der Waals surface area (Å²) in [6, 6.07) is 6.75. The third-order valence-electron chi connectivity index (χ3n) is 3.56. The summed E-state index contributed by atoms with van der Waals surface area (Å²) in [5.41, 5.74) is -1.57. The molecule has 0 saturated heterocycles. The van der Waals surface area contributed by atoms with Crippen molar-refractivity contribution >= 4 is 29.2 Å². The zero-order chi connectivity index (χ0) is 17.6. The van der Waals surface area contributed by atoms with Gasteiger partial charge < -0.3 is 10.2 Å². The average Bonchev–Trinajstić information content (AvgIpc) is 2.77. The second-order valence-corrected chi connectivity index (χ2v) is 4.91. The topological polar surface area (TPSA) is 138 Å². The van der Waals surface area contributed by atoms with Gasteiger partial charge >= 0.3 is 5.97 Å². The van der Waals surface area contributed by atoms with Crippen LogP contribution in [0, 0.1) is 10.1 Å². The van der Waals surface area contributed by atoms with Crippen LogP contribution in [-0.2, 0) is 0 Å². The number of carbonyl (C=O) groups is 3. The van der Waals surface area contributed by atoms with Gasteiger partial charge in [0.25, 0.3) is 17.5 Å². The first-order chi connectivity index (χ1) is 11.3. The van der Waals surface area contributed by atoms with Crippen LogP contribution in [0.5, 0.6) is 5.75 Å². The van der Waals surface area contributed by atoms with Gasteiger partial charge in [0.05, 0.1) is 21.7 Å². The van der Waals surface area contributed by atoms with E-state index in [1.54, 1.807) is 0 Å². The van der Waals surface area contributed by atoms with E-state index < -0.39 is 34.0 Å². The van der Waals surface area contributed by atoms with Crippen molar-refractivity contribution in [3.8, 4) is 5.75 Å². The standard InChI is InChI=1S/C15H8N2O7/c18-11-3-1-2-10(12(11)15(21)22)16-13(19)8-5-4-7(17(23)24)6-9(8)14(16)20/h1-6,18H,(H,21,22). The molecule has 24 heavy (non-hydrogen) atoms. The number of carboxylic acid groups (broad SMARTS) is 1. The fraction of sp³-hybridized carbons (Fsp3) is 0. The number of aromatic carboxylic acids is 1. The number of imide groups is 1. The van der Waals surface area contributed by atoms with E-state index in [0.29, 0.717) is 4.90 Å². The van der Waals surface area contributed by atoms with Crippen molar-refractivity contribution in [2.75, 3.05) is 4.90 Å². The summed E-state index contributed by atoms with van der Waals surface area (Å²) in [6.07, 6.45) is 0. The zero-order valence-corrected chi connectivity index (χ0v) is 11.8. The van der Waals surface area contributed by atoms with Gasteiger partial charge in [-0.3, -0.25) is 19.7 Å². The average molecular weight is 328 g/mol. The minimum atomic E-state index is -1.52. The van der Waals surface area contributed by atoms with E-state index in [1.165, 1.54) is 12.1 Å². The molecule has 0 atom stereocenters. The van der Waals surface area contributed by atoms with Gasteiger partial charge in [0.15, 0.2) is 0 Å². The van der Waals surface area contributed by atoms with Gasteiger partial charge in [-0.05, 0) is 18.2 Å². The molecule has 3 rings (SSSR count). The van der Waals surface area contributed by atoms with Crippen LogP contribution in [0.4, 0.5) is 11.4 Å². The highest BCUT2D eigenvalue weighted by Gasteiger charge is 2.40. The van der Waals surface area contributed by atoms with E-state index in [4.69, 9.17) is 0 Å². The van der Waals surface area contributed by atoms with E-state index in [-0.39, 0.29) is 22.5 Å².